The Morgan fingerprint density at radius 3 is 2.86 bits per heavy atom. The van der Waals surface area contributed by atoms with Crippen LogP contribution in [0.15, 0.2) is 31.1 Å². The van der Waals surface area contributed by atoms with Crippen LogP contribution in [0.3, 0.4) is 0 Å². The summed E-state index contributed by atoms with van der Waals surface area (Å²) in [5.74, 6) is 0. The molecule has 1 aromatic heterocycles. The van der Waals surface area contributed by atoms with Crippen LogP contribution in [0, 0.1) is 0 Å². The molecule has 76 valence electrons. The standard InChI is InChI=1S/C11H17N3/c1-4-7-14(9(2)3)11-5-6-13-8-10(11)12/h4-6,8-9H,1,7,12H2,2-3H3. The summed E-state index contributed by atoms with van der Waals surface area (Å²) in [6.45, 7) is 8.79. The lowest BCUT2D eigenvalue weighted by molar-refractivity contribution is 0.724. The van der Waals surface area contributed by atoms with Gasteiger partial charge in [-0.15, -0.1) is 6.58 Å². The van der Waals surface area contributed by atoms with E-state index in [1.54, 1.807) is 12.4 Å². The molecule has 3 heteroatoms. The molecule has 2 N–H and O–H groups in total. The van der Waals surface area contributed by atoms with E-state index in [1.807, 2.05) is 12.1 Å². The molecule has 0 aliphatic heterocycles. The minimum Gasteiger partial charge on any atom is -0.396 e. The molecule has 0 aliphatic carbocycles. The summed E-state index contributed by atoms with van der Waals surface area (Å²) in [5, 5.41) is 0. The van der Waals surface area contributed by atoms with Gasteiger partial charge in [0.25, 0.3) is 0 Å². The molecule has 3 nitrogen and oxygen atoms in total. The SMILES string of the molecule is C=CCN(c1ccncc1N)C(C)C. The lowest BCUT2D eigenvalue weighted by Crippen LogP contribution is -2.31. The molecule has 0 radical (unpaired) electrons. The highest BCUT2D eigenvalue weighted by Gasteiger charge is 2.10. The highest BCUT2D eigenvalue weighted by atomic mass is 15.2. The molecule has 1 heterocycles. The Bertz CT molecular complexity index is 307. The number of anilines is 2. The van der Waals surface area contributed by atoms with Gasteiger partial charge in [0, 0.05) is 18.8 Å². The van der Waals surface area contributed by atoms with Gasteiger partial charge in [-0.1, -0.05) is 6.08 Å². The highest BCUT2D eigenvalue weighted by Crippen LogP contribution is 2.22. The topological polar surface area (TPSA) is 42.2 Å². The van der Waals surface area contributed by atoms with Crippen molar-refractivity contribution in [3.8, 4) is 0 Å². The lowest BCUT2D eigenvalue weighted by atomic mass is 10.2. The van der Waals surface area contributed by atoms with Crippen LogP contribution in [-0.4, -0.2) is 17.6 Å². The lowest BCUT2D eigenvalue weighted by Gasteiger charge is -2.28. The second-order valence-electron chi connectivity index (χ2n) is 3.47. The van der Waals surface area contributed by atoms with Crippen molar-refractivity contribution in [1.29, 1.82) is 0 Å². The predicted molar refractivity (Wildman–Crippen MR) is 61.3 cm³/mol. The number of aromatic nitrogens is 1. The van der Waals surface area contributed by atoms with Crippen molar-refractivity contribution in [3.63, 3.8) is 0 Å². The normalized spacial score (nSPS) is 10.2. The van der Waals surface area contributed by atoms with E-state index in [4.69, 9.17) is 5.73 Å². The van der Waals surface area contributed by atoms with Crippen LogP contribution < -0.4 is 10.6 Å². The van der Waals surface area contributed by atoms with Crippen molar-refractivity contribution < 1.29 is 0 Å². The van der Waals surface area contributed by atoms with Crippen LogP contribution in [-0.2, 0) is 0 Å². The molecule has 0 fully saturated rings. The van der Waals surface area contributed by atoms with Crippen LogP contribution in [0.2, 0.25) is 0 Å². The third kappa shape index (κ3) is 2.25. The van der Waals surface area contributed by atoms with Gasteiger partial charge in [0.2, 0.25) is 0 Å². The van der Waals surface area contributed by atoms with Crippen LogP contribution in [0.5, 0.6) is 0 Å². The third-order valence-corrected chi connectivity index (χ3v) is 2.09. The summed E-state index contributed by atoms with van der Waals surface area (Å²) < 4.78 is 0. The number of hydrogen-bond acceptors (Lipinski definition) is 3. The van der Waals surface area contributed by atoms with Gasteiger partial charge in [0.05, 0.1) is 17.6 Å². The first kappa shape index (κ1) is 10.6. The first-order chi connectivity index (χ1) is 6.66. The van der Waals surface area contributed by atoms with Crippen molar-refractivity contribution in [1.82, 2.24) is 4.98 Å². The van der Waals surface area contributed by atoms with E-state index in [9.17, 15) is 0 Å². The molecular formula is C11H17N3. The second-order valence-corrected chi connectivity index (χ2v) is 3.47. The maximum absolute atomic E-state index is 5.85. The Kier molecular flexibility index (Phi) is 3.51. The number of rotatable bonds is 4. The van der Waals surface area contributed by atoms with Crippen molar-refractivity contribution in [2.24, 2.45) is 0 Å². The van der Waals surface area contributed by atoms with E-state index < -0.39 is 0 Å². The fourth-order valence-corrected chi connectivity index (χ4v) is 1.39. The maximum Gasteiger partial charge on any atom is 0.0738 e. The van der Waals surface area contributed by atoms with Gasteiger partial charge in [-0.3, -0.25) is 4.98 Å². The van der Waals surface area contributed by atoms with E-state index in [0.29, 0.717) is 11.7 Å². The monoisotopic (exact) mass is 191 g/mol. The van der Waals surface area contributed by atoms with Crippen LogP contribution in [0.25, 0.3) is 0 Å². The number of pyridine rings is 1. The Balaban J connectivity index is 2.98. The van der Waals surface area contributed by atoms with E-state index in [1.165, 1.54) is 0 Å². The van der Waals surface area contributed by atoms with Crippen molar-refractivity contribution >= 4 is 11.4 Å². The van der Waals surface area contributed by atoms with Crippen LogP contribution in [0.4, 0.5) is 11.4 Å². The molecule has 1 aromatic rings. The summed E-state index contributed by atoms with van der Waals surface area (Å²) in [7, 11) is 0. The molecule has 0 atom stereocenters. The molecule has 0 spiro atoms. The Morgan fingerprint density at radius 1 is 1.64 bits per heavy atom. The highest BCUT2D eigenvalue weighted by molar-refractivity contribution is 5.66. The summed E-state index contributed by atoms with van der Waals surface area (Å²) in [4.78, 5) is 6.15. The molecule has 0 amide bonds. The van der Waals surface area contributed by atoms with Crippen LogP contribution >= 0.6 is 0 Å². The number of nitrogens with two attached hydrogens (primary N) is 1. The largest absolute Gasteiger partial charge is 0.396 e. The molecule has 0 bridgehead atoms. The second kappa shape index (κ2) is 4.65. The molecule has 0 aliphatic rings. The summed E-state index contributed by atoms with van der Waals surface area (Å²) in [6.07, 6.45) is 5.30. The fourth-order valence-electron chi connectivity index (χ4n) is 1.39. The Morgan fingerprint density at radius 2 is 2.36 bits per heavy atom. The van der Waals surface area contributed by atoms with Gasteiger partial charge < -0.3 is 10.6 Å². The van der Waals surface area contributed by atoms with Gasteiger partial charge in [0.15, 0.2) is 0 Å². The molecule has 0 saturated heterocycles. The molecule has 0 unspecified atom stereocenters. The maximum atomic E-state index is 5.85. The quantitative estimate of drug-likeness (QED) is 0.741. The minimum atomic E-state index is 0.401. The summed E-state index contributed by atoms with van der Waals surface area (Å²) in [6, 6.07) is 2.33. The van der Waals surface area contributed by atoms with Crippen LogP contribution in [0.1, 0.15) is 13.8 Å². The summed E-state index contributed by atoms with van der Waals surface area (Å²) in [5.41, 5.74) is 7.59. The number of nitrogens with zero attached hydrogens (tertiary/aromatic N) is 2. The zero-order valence-electron chi connectivity index (χ0n) is 8.77. The molecule has 14 heavy (non-hydrogen) atoms. The number of nitrogen functional groups attached to an aromatic ring is 1. The van der Waals surface area contributed by atoms with E-state index in [0.717, 1.165) is 12.2 Å². The Hall–Kier alpha value is -1.51. The van der Waals surface area contributed by atoms with Gasteiger partial charge in [0.1, 0.15) is 0 Å². The average molecular weight is 191 g/mol. The van der Waals surface area contributed by atoms with E-state index in [2.05, 4.69) is 30.3 Å². The fraction of sp³-hybridized carbons (Fsp3) is 0.364. The zero-order chi connectivity index (χ0) is 10.6. The Labute approximate surface area is 85.3 Å². The first-order valence-electron chi connectivity index (χ1n) is 4.73. The van der Waals surface area contributed by atoms with Crippen molar-refractivity contribution in [2.75, 3.05) is 17.2 Å². The third-order valence-electron chi connectivity index (χ3n) is 2.09. The predicted octanol–water partition coefficient (Wildman–Crippen LogP) is 2.06. The summed E-state index contributed by atoms with van der Waals surface area (Å²) >= 11 is 0. The first-order valence-corrected chi connectivity index (χ1v) is 4.73. The van der Waals surface area contributed by atoms with E-state index in [-0.39, 0.29) is 0 Å². The number of hydrogen-bond donors (Lipinski definition) is 1. The molecule has 1 rings (SSSR count). The molecular weight excluding hydrogens is 174 g/mol. The average Bonchev–Trinajstić information content (AvgIpc) is 2.15. The minimum absolute atomic E-state index is 0.401. The van der Waals surface area contributed by atoms with Gasteiger partial charge in [-0.05, 0) is 19.9 Å². The zero-order valence-corrected chi connectivity index (χ0v) is 8.77. The van der Waals surface area contributed by atoms with Gasteiger partial charge >= 0.3 is 0 Å². The smallest absolute Gasteiger partial charge is 0.0738 e. The van der Waals surface area contributed by atoms with E-state index >= 15 is 0 Å². The molecule has 0 aromatic carbocycles. The molecule has 0 saturated carbocycles. The van der Waals surface area contributed by atoms with Crippen molar-refractivity contribution in [3.05, 3.63) is 31.1 Å². The van der Waals surface area contributed by atoms with Gasteiger partial charge in [-0.2, -0.15) is 0 Å². The van der Waals surface area contributed by atoms with Gasteiger partial charge in [-0.25, -0.2) is 0 Å². The van der Waals surface area contributed by atoms with Crippen molar-refractivity contribution in [2.45, 2.75) is 19.9 Å².